The Kier molecular flexibility index (Phi) is 6.38. The topological polar surface area (TPSA) is 79.2 Å². The molecule has 1 amide bonds. The molecule has 1 aromatic carbocycles. The van der Waals surface area contributed by atoms with Crippen LogP contribution in [0, 0.1) is 11.3 Å². The van der Waals surface area contributed by atoms with E-state index in [0.717, 1.165) is 6.08 Å². The van der Waals surface area contributed by atoms with Gasteiger partial charge in [-0.2, -0.15) is 5.26 Å². The molecule has 0 aliphatic rings. The molecule has 24 heavy (non-hydrogen) atoms. The van der Waals surface area contributed by atoms with Crippen molar-refractivity contribution in [2.75, 3.05) is 11.9 Å². The molecule has 2 aromatic rings. The number of carbonyl (C=O) groups excluding carboxylic acids is 2. The monoisotopic (exact) mass is 380 g/mol. The summed E-state index contributed by atoms with van der Waals surface area (Å²) in [5.74, 6) is -1.23. The second-order valence-electron chi connectivity index (χ2n) is 4.41. The molecule has 8 heteroatoms. The van der Waals surface area contributed by atoms with Gasteiger partial charge in [-0.15, -0.1) is 11.3 Å². The molecule has 1 aromatic heterocycles. The third kappa shape index (κ3) is 4.83. The van der Waals surface area contributed by atoms with Gasteiger partial charge in [-0.1, -0.05) is 35.3 Å². The highest BCUT2D eigenvalue weighted by Gasteiger charge is 2.10. The maximum Gasteiger partial charge on any atom is 0.331 e. The van der Waals surface area contributed by atoms with Crippen LogP contribution in [0.3, 0.4) is 0 Å². The molecule has 1 N–H and O–H groups in total. The summed E-state index contributed by atoms with van der Waals surface area (Å²) in [5.41, 5.74) is 0.915. The summed E-state index contributed by atoms with van der Waals surface area (Å²) in [6.45, 7) is -0.463. The van der Waals surface area contributed by atoms with Crippen LogP contribution in [0.25, 0.3) is 6.08 Å². The Balaban J connectivity index is 1.87. The molecule has 5 nitrogen and oxygen atoms in total. The van der Waals surface area contributed by atoms with Crippen molar-refractivity contribution in [3.05, 3.63) is 56.9 Å². The van der Waals surface area contributed by atoms with E-state index in [1.54, 1.807) is 29.6 Å². The molecular weight excluding hydrogens is 371 g/mol. The summed E-state index contributed by atoms with van der Waals surface area (Å²) < 4.78 is 4.83. The highest BCUT2D eigenvalue weighted by atomic mass is 35.5. The van der Waals surface area contributed by atoms with E-state index in [0.29, 0.717) is 26.2 Å². The molecule has 0 atom stereocenters. The Morgan fingerprint density at radius 1 is 1.33 bits per heavy atom. The van der Waals surface area contributed by atoms with E-state index in [1.807, 2.05) is 6.07 Å². The number of nitrogens with zero attached hydrogens (tertiary/aromatic N) is 1. The van der Waals surface area contributed by atoms with Gasteiger partial charge in [0.25, 0.3) is 5.91 Å². The van der Waals surface area contributed by atoms with E-state index in [4.69, 9.17) is 33.2 Å². The highest BCUT2D eigenvalue weighted by Crippen LogP contribution is 2.26. The Morgan fingerprint density at radius 3 is 2.88 bits per heavy atom. The smallest absolute Gasteiger partial charge is 0.331 e. The van der Waals surface area contributed by atoms with Gasteiger partial charge in [0.2, 0.25) is 0 Å². The summed E-state index contributed by atoms with van der Waals surface area (Å²) >= 11 is 13.1. The summed E-state index contributed by atoms with van der Waals surface area (Å²) in [6.07, 6.45) is 2.60. The molecule has 2 rings (SSSR count). The van der Waals surface area contributed by atoms with Crippen LogP contribution in [-0.2, 0) is 14.3 Å². The molecule has 122 valence electrons. The Labute approximate surface area is 152 Å². The van der Waals surface area contributed by atoms with Crippen LogP contribution in [0.15, 0.2) is 35.7 Å². The summed E-state index contributed by atoms with van der Waals surface area (Å²) in [5, 5.41) is 14.1. The van der Waals surface area contributed by atoms with E-state index in [2.05, 4.69) is 5.32 Å². The van der Waals surface area contributed by atoms with Crippen LogP contribution < -0.4 is 5.32 Å². The van der Waals surface area contributed by atoms with Crippen molar-refractivity contribution in [1.82, 2.24) is 0 Å². The van der Waals surface area contributed by atoms with Gasteiger partial charge < -0.3 is 10.1 Å². The van der Waals surface area contributed by atoms with Gasteiger partial charge in [0, 0.05) is 6.08 Å². The van der Waals surface area contributed by atoms with Gasteiger partial charge >= 0.3 is 5.97 Å². The van der Waals surface area contributed by atoms with Crippen LogP contribution in [0.1, 0.15) is 11.1 Å². The van der Waals surface area contributed by atoms with Crippen LogP contribution in [0.4, 0.5) is 5.00 Å². The van der Waals surface area contributed by atoms with Gasteiger partial charge in [-0.3, -0.25) is 4.79 Å². The van der Waals surface area contributed by atoms with Crippen LogP contribution >= 0.6 is 34.5 Å². The highest BCUT2D eigenvalue weighted by molar-refractivity contribution is 7.14. The molecule has 0 saturated carbocycles. The number of thiophene rings is 1. The van der Waals surface area contributed by atoms with Crippen molar-refractivity contribution >= 4 is 57.5 Å². The van der Waals surface area contributed by atoms with E-state index in [-0.39, 0.29) is 0 Å². The molecule has 0 radical (unpaired) electrons. The average Bonchev–Trinajstić information content (AvgIpc) is 3.01. The van der Waals surface area contributed by atoms with Crippen molar-refractivity contribution in [3.8, 4) is 6.07 Å². The number of nitriles is 1. The number of amides is 1. The lowest BCUT2D eigenvalue weighted by atomic mass is 10.2. The second kappa shape index (κ2) is 8.50. The summed E-state index contributed by atoms with van der Waals surface area (Å²) in [6, 6.07) is 8.54. The molecule has 0 fully saturated rings. The first-order valence-electron chi connectivity index (χ1n) is 6.57. The van der Waals surface area contributed by atoms with Gasteiger partial charge in [0.1, 0.15) is 11.1 Å². The van der Waals surface area contributed by atoms with Gasteiger partial charge in [-0.05, 0) is 29.2 Å². The Hall–Kier alpha value is -2.33. The summed E-state index contributed by atoms with van der Waals surface area (Å²) in [4.78, 5) is 23.3. The van der Waals surface area contributed by atoms with Gasteiger partial charge in [0.15, 0.2) is 6.61 Å². The zero-order valence-electron chi connectivity index (χ0n) is 12.1. The van der Waals surface area contributed by atoms with Gasteiger partial charge in [-0.25, -0.2) is 4.79 Å². The van der Waals surface area contributed by atoms with Crippen LogP contribution in [0.2, 0.25) is 10.0 Å². The Morgan fingerprint density at radius 2 is 2.12 bits per heavy atom. The second-order valence-corrected chi connectivity index (χ2v) is 6.11. The quantitative estimate of drug-likeness (QED) is 0.624. The third-order valence-electron chi connectivity index (χ3n) is 2.76. The average molecular weight is 381 g/mol. The maximum atomic E-state index is 11.7. The molecule has 1 heterocycles. The van der Waals surface area contributed by atoms with Crippen molar-refractivity contribution in [1.29, 1.82) is 5.26 Å². The lowest BCUT2D eigenvalue weighted by Gasteiger charge is -2.04. The molecule has 0 aliphatic carbocycles. The van der Waals surface area contributed by atoms with Crippen molar-refractivity contribution in [2.45, 2.75) is 0 Å². The largest absolute Gasteiger partial charge is 0.452 e. The number of carbonyl (C=O) groups is 2. The standard InChI is InChI=1S/C16H10Cl2N2O3S/c17-12-3-1-2-10(15(12)18)4-5-14(22)23-9-13(21)20-16-11(8-19)6-7-24-16/h1-7H,9H2,(H,20,21)/b5-4+. The van der Waals surface area contributed by atoms with E-state index >= 15 is 0 Å². The molecule has 0 aliphatic heterocycles. The predicted octanol–water partition coefficient (Wildman–Crippen LogP) is 4.12. The first-order valence-corrected chi connectivity index (χ1v) is 8.21. The predicted molar refractivity (Wildman–Crippen MR) is 94.1 cm³/mol. The van der Waals surface area contributed by atoms with Crippen molar-refractivity contribution < 1.29 is 14.3 Å². The number of hydrogen-bond donors (Lipinski definition) is 1. The fourth-order valence-corrected chi connectivity index (χ4v) is 2.77. The van der Waals surface area contributed by atoms with E-state index in [9.17, 15) is 9.59 Å². The fourth-order valence-electron chi connectivity index (χ4n) is 1.65. The molecule has 0 bridgehead atoms. The maximum absolute atomic E-state index is 11.7. The third-order valence-corrected chi connectivity index (χ3v) is 4.43. The van der Waals surface area contributed by atoms with E-state index < -0.39 is 18.5 Å². The number of rotatable bonds is 5. The first kappa shape index (κ1) is 18.0. The van der Waals surface area contributed by atoms with Crippen molar-refractivity contribution in [2.24, 2.45) is 0 Å². The van der Waals surface area contributed by atoms with E-state index in [1.165, 1.54) is 17.4 Å². The van der Waals surface area contributed by atoms with Crippen molar-refractivity contribution in [3.63, 3.8) is 0 Å². The van der Waals surface area contributed by atoms with Crippen LogP contribution in [-0.4, -0.2) is 18.5 Å². The Bertz CT molecular complexity index is 840. The number of anilines is 1. The zero-order chi connectivity index (χ0) is 17.5. The minimum Gasteiger partial charge on any atom is -0.452 e. The van der Waals surface area contributed by atoms with Crippen LogP contribution in [0.5, 0.6) is 0 Å². The molecule has 0 saturated heterocycles. The molecule has 0 spiro atoms. The summed E-state index contributed by atoms with van der Waals surface area (Å²) in [7, 11) is 0. The first-order chi connectivity index (χ1) is 11.5. The fraction of sp³-hybridized carbons (Fsp3) is 0.0625. The lowest BCUT2D eigenvalue weighted by Crippen LogP contribution is -2.20. The molecule has 0 unspecified atom stereocenters. The van der Waals surface area contributed by atoms with Gasteiger partial charge in [0.05, 0.1) is 15.6 Å². The SMILES string of the molecule is N#Cc1ccsc1NC(=O)COC(=O)/C=C/c1cccc(Cl)c1Cl. The minimum absolute atomic E-state index is 0.322. The number of benzene rings is 1. The lowest BCUT2D eigenvalue weighted by molar-refractivity contribution is -0.142. The number of halogens is 2. The number of nitrogens with one attached hydrogen (secondary N) is 1. The zero-order valence-corrected chi connectivity index (χ0v) is 14.4. The normalized spacial score (nSPS) is 10.4. The number of hydrogen-bond acceptors (Lipinski definition) is 5. The molecular formula is C16H10Cl2N2O3S. The minimum atomic E-state index is -0.701. The number of esters is 1. The number of ether oxygens (including phenoxy) is 1.